The Morgan fingerprint density at radius 1 is 1.43 bits per heavy atom. The fourth-order valence-corrected chi connectivity index (χ4v) is 4.44. The lowest BCUT2D eigenvalue weighted by atomic mass is 10.0. The molecule has 0 bridgehead atoms. The predicted octanol–water partition coefficient (Wildman–Crippen LogP) is 0.791. The average Bonchev–Trinajstić information content (AvgIpc) is 2.90. The number of nitrogens with zero attached hydrogens (tertiary/aromatic N) is 3. The normalized spacial score (nSPS) is 19.7. The summed E-state index contributed by atoms with van der Waals surface area (Å²) in [6, 6.07) is -0.0229. The fraction of sp³-hybridized carbons (Fsp3) is 0.769. The van der Waals surface area contributed by atoms with Gasteiger partial charge >= 0.3 is 0 Å². The van der Waals surface area contributed by atoms with Crippen molar-refractivity contribution in [1.29, 1.82) is 0 Å². The number of piperidine rings is 1. The molecule has 1 aromatic heterocycles. The van der Waals surface area contributed by atoms with E-state index in [2.05, 4.69) is 15.5 Å². The molecule has 23 heavy (non-hydrogen) atoms. The van der Waals surface area contributed by atoms with Crippen LogP contribution < -0.4 is 5.32 Å². The lowest BCUT2D eigenvalue weighted by Gasteiger charge is -2.33. The summed E-state index contributed by atoms with van der Waals surface area (Å²) < 4.78 is 30.3. The van der Waals surface area contributed by atoms with E-state index in [1.807, 2.05) is 0 Å². The zero-order valence-corrected chi connectivity index (χ0v) is 15.0. The highest BCUT2D eigenvalue weighted by atomic mass is 32.2. The Labute approximate surface area is 140 Å². The Balaban J connectivity index is 1.71. The Morgan fingerprint density at radius 3 is 2.87 bits per heavy atom. The molecule has 1 N–H and O–H groups in total. The third-order valence-electron chi connectivity index (χ3n) is 3.63. The SMILES string of the molecule is Cc1nnc(SCC(=O)NCCC2CCCCN2S(C)(=O)=O)o1. The number of hydrogen-bond acceptors (Lipinski definition) is 7. The van der Waals surface area contributed by atoms with E-state index >= 15 is 0 Å². The lowest BCUT2D eigenvalue weighted by Crippen LogP contribution is -2.44. The van der Waals surface area contributed by atoms with E-state index in [9.17, 15) is 13.2 Å². The molecule has 0 aromatic carbocycles. The Bertz CT molecular complexity index is 632. The number of sulfonamides is 1. The maximum absolute atomic E-state index is 11.8. The number of aryl methyl sites for hydroxylation is 1. The maximum Gasteiger partial charge on any atom is 0.277 e. The van der Waals surface area contributed by atoms with Crippen LogP contribution in [0.5, 0.6) is 0 Å². The molecule has 1 aliphatic rings. The number of rotatable bonds is 7. The van der Waals surface area contributed by atoms with Gasteiger partial charge in [0.2, 0.25) is 21.8 Å². The van der Waals surface area contributed by atoms with Crippen LogP contribution in [0.2, 0.25) is 0 Å². The Morgan fingerprint density at radius 2 is 2.22 bits per heavy atom. The van der Waals surface area contributed by atoms with Gasteiger partial charge in [0.1, 0.15) is 0 Å². The minimum atomic E-state index is -3.18. The van der Waals surface area contributed by atoms with Crippen LogP contribution in [-0.2, 0) is 14.8 Å². The van der Waals surface area contributed by atoms with Gasteiger partial charge in [-0.1, -0.05) is 18.2 Å². The van der Waals surface area contributed by atoms with E-state index in [4.69, 9.17) is 4.42 Å². The molecular formula is C13H22N4O4S2. The van der Waals surface area contributed by atoms with Crippen LogP contribution in [0, 0.1) is 6.92 Å². The summed E-state index contributed by atoms with van der Waals surface area (Å²) in [6.45, 7) is 2.72. The number of carbonyl (C=O) groups excluding carboxylic acids is 1. The number of hydrogen-bond donors (Lipinski definition) is 1. The maximum atomic E-state index is 11.8. The molecule has 1 aromatic rings. The minimum Gasteiger partial charge on any atom is -0.416 e. The molecule has 0 radical (unpaired) electrons. The van der Waals surface area contributed by atoms with Crippen molar-refractivity contribution < 1.29 is 17.6 Å². The van der Waals surface area contributed by atoms with Gasteiger partial charge in [0, 0.05) is 26.1 Å². The van der Waals surface area contributed by atoms with Crippen molar-refractivity contribution in [3.8, 4) is 0 Å². The molecule has 1 atom stereocenters. The van der Waals surface area contributed by atoms with Crippen LogP contribution in [0.15, 0.2) is 9.64 Å². The number of carbonyl (C=O) groups is 1. The van der Waals surface area contributed by atoms with Crippen LogP contribution in [0.1, 0.15) is 31.6 Å². The standard InChI is InChI=1S/C13H22N4O4S2/c1-10-15-16-13(21-10)22-9-12(18)14-7-6-11-5-3-4-8-17(11)23(2,19)20/h11H,3-9H2,1-2H3,(H,14,18). The van der Waals surface area contributed by atoms with Crippen LogP contribution in [0.4, 0.5) is 0 Å². The van der Waals surface area contributed by atoms with Gasteiger partial charge in [0.05, 0.1) is 12.0 Å². The average molecular weight is 362 g/mol. The molecule has 130 valence electrons. The first-order valence-corrected chi connectivity index (χ1v) is 10.4. The number of nitrogens with one attached hydrogen (secondary N) is 1. The van der Waals surface area contributed by atoms with Crippen molar-refractivity contribution in [3.05, 3.63) is 5.89 Å². The quantitative estimate of drug-likeness (QED) is 0.715. The van der Waals surface area contributed by atoms with Crippen LogP contribution in [0.25, 0.3) is 0 Å². The molecule has 1 unspecified atom stereocenters. The summed E-state index contributed by atoms with van der Waals surface area (Å²) in [5, 5.41) is 10.7. The summed E-state index contributed by atoms with van der Waals surface area (Å²) in [4.78, 5) is 11.8. The third-order valence-corrected chi connectivity index (χ3v) is 5.78. The second-order valence-corrected chi connectivity index (χ2v) is 8.40. The molecule has 1 saturated heterocycles. The van der Waals surface area contributed by atoms with Gasteiger partial charge in [0.25, 0.3) is 5.22 Å². The van der Waals surface area contributed by atoms with Gasteiger partial charge < -0.3 is 9.73 Å². The lowest BCUT2D eigenvalue weighted by molar-refractivity contribution is -0.118. The van der Waals surface area contributed by atoms with Gasteiger partial charge in [0.15, 0.2) is 0 Å². The second kappa shape index (κ2) is 8.11. The molecule has 2 heterocycles. The van der Waals surface area contributed by atoms with Crippen molar-refractivity contribution in [3.63, 3.8) is 0 Å². The number of thioether (sulfide) groups is 1. The van der Waals surface area contributed by atoms with E-state index < -0.39 is 10.0 Å². The summed E-state index contributed by atoms with van der Waals surface area (Å²) in [5.41, 5.74) is 0. The van der Waals surface area contributed by atoms with Crippen LogP contribution >= 0.6 is 11.8 Å². The topological polar surface area (TPSA) is 105 Å². The molecule has 1 aliphatic heterocycles. The molecule has 0 aliphatic carbocycles. The van der Waals surface area contributed by atoms with Crippen LogP contribution in [0.3, 0.4) is 0 Å². The molecule has 1 fully saturated rings. The number of aromatic nitrogens is 2. The van der Waals surface area contributed by atoms with Crippen molar-refractivity contribution in [2.75, 3.05) is 25.1 Å². The minimum absolute atomic E-state index is 0.0229. The monoisotopic (exact) mass is 362 g/mol. The largest absolute Gasteiger partial charge is 0.416 e. The predicted molar refractivity (Wildman–Crippen MR) is 86.6 cm³/mol. The number of amides is 1. The van der Waals surface area contributed by atoms with Crippen molar-refractivity contribution in [1.82, 2.24) is 19.8 Å². The van der Waals surface area contributed by atoms with E-state index in [1.165, 1.54) is 18.0 Å². The van der Waals surface area contributed by atoms with E-state index in [-0.39, 0.29) is 17.7 Å². The van der Waals surface area contributed by atoms with Crippen molar-refractivity contribution in [2.24, 2.45) is 0 Å². The van der Waals surface area contributed by atoms with Gasteiger partial charge in [-0.05, 0) is 19.3 Å². The van der Waals surface area contributed by atoms with Gasteiger partial charge in [-0.25, -0.2) is 8.42 Å². The Kier molecular flexibility index (Phi) is 6.42. The molecule has 1 amide bonds. The highest BCUT2D eigenvalue weighted by Gasteiger charge is 2.28. The van der Waals surface area contributed by atoms with Crippen molar-refractivity contribution in [2.45, 2.75) is 43.9 Å². The first-order valence-electron chi connectivity index (χ1n) is 7.52. The van der Waals surface area contributed by atoms with Crippen LogP contribution in [-0.4, -0.2) is 60.0 Å². The molecule has 2 rings (SSSR count). The van der Waals surface area contributed by atoms with Gasteiger partial charge in [-0.15, -0.1) is 10.2 Å². The molecule has 0 saturated carbocycles. The van der Waals surface area contributed by atoms with Gasteiger partial charge in [-0.2, -0.15) is 4.31 Å². The van der Waals surface area contributed by atoms with E-state index in [0.29, 0.717) is 30.6 Å². The zero-order valence-electron chi connectivity index (χ0n) is 13.3. The summed E-state index contributed by atoms with van der Waals surface area (Å²) >= 11 is 1.18. The Hall–Kier alpha value is -1.13. The summed E-state index contributed by atoms with van der Waals surface area (Å²) in [7, 11) is -3.18. The smallest absolute Gasteiger partial charge is 0.277 e. The molecular weight excluding hydrogens is 340 g/mol. The molecule has 10 heteroatoms. The van der Waals surface area contributed by atoms with Gasteiger partial charge in [-0.3, -0.25) is 4.79 Å². The summed E-state index contributed by atoms with van der Waals surface area (Å²) in [6.07, 6.45) is 4.64. The van der Waals surface area contributed by atoms with E-state index in [1.54, 1.807) is 11.2 Å². The second-order valence-electron chi connectivity index (χ2n) is 5.54. The van der Waals surface area contributed by atoms with E-state index in [0.717, 1.165) is 19.3 Å². The first-order chi connectivity index (χ1) is 10.9. The molecule has 8 nitrogen and oxygen atoms in total. The van der Waals surface area contributed by atoms with Crippen molar-refractivity contribution >= 4 is 27.7 Å². The third kappa shape index (κ3) is 5.78. The summed E-state index contributed by atoms with van der Waals surface area (Å²) in [5.74, 6) is 0.529. The first kappa shape index (κ1) is 18.2. The highest BCUT2D eigenvalue weighted by molar-refractivity contribution is 7.99. The fourth-order valence-electron chi connectivity index (χ4n) is 2.59. The molecule has 0 spiro atoms. The zero-order chi connectivity index (χ0) is 16.9. The highest BCUT2D eigenvalue weighted by Crippen LogP contribution is 2.22.